The highest BCUT2D eigenvalue weighted by Gasteiger charge is 2.09. The van der Waals surface area contributed by atoms with Crippen LogP contribution in [0.25, 0.3) is 0 Å². The van der Waals surface area contributed by atoms with Crippen molar-refractivity contribution in [3.8, 4) is 5.75 Å². The van der Waals surface area contributed by atoms with Crippen LogP contribution >= 0.6 is 0 Å². The van der Waals surface area contributed by atoms with E-state index < -0.39 is 7.32 Å². The third kappa shape index (κ3) is 6.05. The second-order valence-electron chi connectivity index (χ2n) is 3.17. The summed E-state index contributed by atoms with van der Waals surface area (Å²) in [6.07, 6.45) is 0. The molecule has 100 valence electrons. The van der Waals surface area contributed by atoms with E-state index in [-0.39, 0.29) is 17.8 Å². The van der Waals surface area contributed by atoms with E-state index in [1.54, 1.807) is 24.3 Å². The van der Waals surface area contributed by atoms with E-state index in [2.05, 4.69) is 19.6 Å². The fourth-order valence-electron chi connectivity index (χ4n) is 1.05. The van der Waals surface area contributed by atoms with Crippen molar-refractivity contribution in [3.63, 3.8) is 0 Å². The van der Waals surface area contributed by atoms with Gasteiger partial charge in [0.1, 0.15) is 5.75 Å². The number of hydrogen-bond donors (Lipinski definition) is 5. The third-order valence-electron chi connectivity index (χ3n) is 1.67. The van der Waals surface area contributed by atoms with Gasteiger partial charge in [-0.15, -0.1) is 0 Å². The maximum Gasteiger partial charge on any atom is 0.707 e. The predicted molar refractivity (Wildman–Crippen MR) is 70.3 cm³/mol. The van der Waals surface area contributed by atoms with Gasteiger partial charge in [-0.25, -0.2) is 0 Å². The second-order valence-corrected chi connectivity index (χ2v) is 3.17. The van der Waals surface area contributed by atoms with Crippen molar-refractivity contribution in [2.45, 2.75) is 0 Å². The van der Waals surface area contributed by atoms with Gasteiger partial charge >= 0.3 is 7.32 Å². The quantitative estimate of drug-likeness (QED) is 0.412. The van der Waals surface area contributed by atoms with Crippen LogP contribution in [-0.2, 0) is 0 Å². The number of rotatable bonds is 2. The Labute approximate surface area is 109 Å². The molecule has 0 saturated carbocycles. The van der Waals surface area contributed by atoms with Crippen LogP contribution in [0.1, 0.15) is 0 Å². The first-order valence-corrected chi connectivity index (χ1v) is 5.07. The molecule has 8 N–H and O–H groups in total. The molecule has 0 aliphatic heterocycles. The molecule has 10 heteroatoms. The Morgan fingerprint density at radius 2 is 1.26 bits per heavy atom. The lowest BCUT2D eigenvalue weighted by Gasteiger charge is -2.01. The van der Waals surface area contributed by atoms with E-state index in [0.29, 0.717) is 5.75 Å². The van der Waals surface area contributed by atoms with Gasteiger partial charge in [0.2, 0.25) is 17.8 Å². The Hall–Kier alpha value is -2.59. The van der Waals surface area contributed by atoms with Crippen LogP contribution in [0.4, 0.5) is 17.8 Å². The normalized spacial score (nSPS) is 9.16. The summed E-state index contributed by atoms with van der Waals surface area (Å²) in [4.78, 5) is 10.5. The summed E-state index contributed by atoms with van der Waals surface area (Å²) in [5, 5.41) is 16.7. The summed E-state index contributed by atoms with van der Waals surface area (Å²) in [5.74, 6) is 0.567. The zero-order valence-corrected chi connectivity index (χ0v) is 9.84. The topological polar surface area (TPSA) is 166 Å². The molecule has 0 spiro atoms. The molecule has 2 rings (SSSR count). The first kappa shape index (κ1) is 14.5. The lowest BCUT2D eigenvalue weighted by Crippen LogP contribution is -2.20. The summed E-state index contributed by atoms with van der Waals surface area (Å²) in [5.41, 5.74) is 15.4. The fourth-order valence-corrected chi connectivity index (χ4v) is 1.05. The number of nitrogen functional groups attached to an aromatic ring is 3. The molecule has 0 aliphatic carbocycles. The largest absolute Gasteiger partial charge is 0.707 e. The van der Waals surface area contributed by atoms with E-state index in [0.717, 1.165) is 0 Å². The highest BCUT2D eigenvalue weighted by molar-refractivity contribution is 6.33. The number of hydrogen-bond acceptors (Lipinski definition) is 9. The van der Waals surface area contributed by atoms with Gasteiger partial charge in [0.15, 0.2) is 0 Å². The zero-order valence-electron chi connectivity index (χ0n) is 9.84. The van der Waals surface area contributed by atoms with E-state index in [1.807, 2.05) is 6.07 Å². The van der Waals surface area contributed by atoms with E-state index in [9.17, 15) is 0 Å². The van der Waals surface area contributed by atoms with Crippen molar-refractivity contribution >= 4 is 25.2 Å². The average Bonchev–Trinajstić information content (AvgIpc) is 2.28. The third-order valence-corrected chi connectivity index (χ3v) is 1.67. The van der Waals surface area contributed by atoms with Crippen LogP contribution in [0.5, 0.6) is 5.75 Å². The minimum absolute atomic E-state index is 0.0417. The first-order chi connectivity index (χ1) is 8.97. The Balaban J connectivity index is 0.000000191. The molecule has 0 radical (unpaired) electrons. The van der Waals surface area contributed by atoms with Crippen molar-refractivity contribution < 1.29 is 14.7 Å². The number of nitrogens with two attached hydrogens (primary N) is 3. The molecule has 2 aromatic rings. The number of para-hydroxylation sites is 1. The molecule has 0 amide bonds. The minimum atomic E-state index is -1.73. The maximum absolute atomic E-state index is 8.34. The van der Waals surface area contributed by atoms with Gasteiger partial charge in [-0.1, -0.05) is 18.2 Å². The summed E-state index contributed by atoms with van der Waals surface area (Å²) in [6.45, 7) is 0. The van der Waals surface area contributed by atoms with E-state index in [4.69, 9.17) is 27.2 Å². The monoisotopic (exact) mass is 264 g/mol. The summed E-state index contributed by atoms with van der Waals surface area (Å²) in [7, 11) is -1.73. The molecule has 0 bridgehead atoms. The lowest BCUT2D eigenvalue weighted by molar-refractivity contribution is 0.288. The van der Waals surface area contributed by atoms with Gasteiger partial charge in [0.25, 0.3) is 0 Å². The van der Waals surface area contributed by atoms with E-state index >= 15 is 0 Å². The standard InChI is InChI=1S/C6H7BO3.C3H6N6/c8-7(9)10-6-4-2-1-3-5-6;4-1-7-2(5)9-3(6)8-1/h1-5,8-9H;(H6,4,5,6,7,8,9). The molecule has 0 saturated heterocycles. The van der Waals surface area contributed by atoms with Gasteiger partial charge in [-0.05, 0) is 12.1 Å². The van der Waals surface area contributed by atoms with Crippen LogP contribution < -0.4 is 21.9 Å². The Morgan fingerprint density at radius 1 is 0.842 bits per heavy atom. The number of anilines is 3. The van der Waals surface area contributed by atoms with Crippen molar-refractivity contribution in [1.29, 1.82) is 0 Å². The lowest BCUT2D eigenvalue weighted by atomic mass is 10.2. The molecule has 0 fully saturated rings. The summed E-state index contributed by atoms with van der Waals surface area (Å²) in [6, 6.07) is 8.59. The smallest absolute Gasteiger partial charge is 0.512 e. The molecule has 19 heavy (non-hydrogen) atoms. The van der Waals surface area contributed by atoms with Crippen molar-refractivity contribution in [2.24, 2.45) is 0 Å². The Bertz CT molecular complexity index is 462. The summed E-state index contributed by atoms with van der Waals surface area (Å²) < 4.78 is 4.53. The first-order valence-electron chi connectivity index (χ1n) is 5.07. The number of nitrogens with zero attached hydrogens (tertiary/aromatic N) is 3. The molecule has 0 aliphatic rings. The van der Waals surface area contributed by atoms with Crippen molar-refractivity contribution in [1.82, 2.24) is 15.0 Å². The minimum Gasteiger partial charge on any atom is -0.512 e. The highest BCUT2D eigenvalue weighted by atomic mass is 16.6. The molecular weight excluding hydrogens is 251 g/mol. The van der Waals surface area contributed by atoms with Crippen LogP contribution in [0.15, 0.2) is 30.3 Å². The second kappa shape index (κ2) is 6.98. The molecule has 1 heterocycles. The van der Waals surface area contributed by atoms with Crippen LogP contribution in [-0.4, -0.2) is 32.3 Å². The Kier molecular flexibility index (Phi) is 5.32. The Morgan fingerprint density at radius 3 is 1.63 bits per heavy atom. The molecule has 9 nitrogen and oxygen atoms in total. The maximum atomic E-state index is 8.34. The number of benzene rings is 1. The molecule has 0 atom stereocenters. The molecule has 1 aromatic carbocycles. The van der Waals surface area contributed by atoms with Gasteiger partial charge in [-0.3, -0.25) is 0 Å². The van der Waals surface area contributed by atoms with Gasteiger partial charge in [-0.2, -0.15) is 15.0 Å². The SMILES string of the molecule is Nc1nc(N)nc(N)n1.OB(O)Oc1ccccc1. The number of aromatic nitrogens is 3. The molecule has 1 aromatic heterocycles. The summed E-state index contributed by atoms with van der Waals surface area (Å²) >= 11 is 0. The van der Waals surface area contributed by atoms with Crippen molar-refractivity contribution in [2.75, 3.05) is 17.2 Å². The van der Waals surface area contributed by atoms with Crippen LogP contribution in [0, 0.1) is 0 Å². The van der Waals surface area contributed by atoms with Crippen LogP contribution in [0.3, 0.4) is 0 Å². The predicted octanol–water partition coefficient (Wildman–Crippen LogP) is -1.35. The van der Waals surface area contributed by atoms with Crippen molar-refractivity contribution in [3.05, 3.63) is 30.3 Å². The van der Waals surface area contributed by atoms with Gasteiger partial charge in [0.05, 0.1) is 0 Å². The average molecular weight is 264 g/mol. The van der Waals surface area contributed by atoms with Gasteiger partial charge < -0.3 is 31.9 Å². The van der Waals surface area contributed by atoms with Crippen LogP contribution in [0.2, 0.25) is 0 Å². The van der Waals surface area contributed by atoms with E-state index in [1.165, 1.54) is 0 Å². The zero-order chi connectivity index (χ0) is 14.3. The fraction of sp³-hybridized carbons (Fsp3) is 0. The van der Waals surface area contributed by atoms with Gasteiger partial charge in [0, 0.05) is 0 Å². The highest BCUT2D eigenvalue weighted by Crippen LogP contribution is 2.07. The molecule has 0 unspecified atom stereocenters. The molecular formula is C9H13BN6O3.